The SMILES string of the molecule is C=O.[Cl-].[K+]. The van der Waals surface area contributed by atoms with Crippen LogP contribution in [0, 0.1) is 0 Å². The largest absolute Gasteiger partial charge is 1.00 e. The fourth-order valence-electron chi connectivity index (χ4n) is 0. The average molecular weight is 105 g/mol. The van der Waals surface area contributed by atoms with Crippen LogP contribution in [0.1, 0.15) is 0 Å². The summed E-state index contributed by atoms with van der Waals surface area (Å²) in [6.45, 7) is 2.00. The van der Waals surface area contributed by atoms with Crippen molar-refractivity contribution >= 4 is 6.79 Å². The molecule has 0 atom stereocenters. The zero-order valence-electron chi connectivity index (χ0n) is 2.49. The van der Waals surface area contributed by atoms with Crippen LogP contribution in [0.15, 0.2) is 0 Å². The minimum absolute atomic E-state index is 0. The number of hydrogen-bond acceptors (Lipinski definition) is 1. The molecule has 0 saturated carbocycles. The predicted molar refractivity (Wildman–Crippen MR) is 7.12 cm³/mol. The molecule has 0 fully saturated rings. The standard InChI is InChI=1S/CH2O.ClH.K/c1-2;;/h1H2;1H;/q;;+1/p-1. The van der Waals surface area contributed by atoms with Crippen LogP contribution in [0.2, 0.25) is 0 Å². The van der Waals surface area contributed by atoms with Crippen molar-refractivity contribution in [3.05, 3.63) is 0 Å². The van der Waals surface area contributed by atoms with Crippen molar-refractivity contribution in [3.8, 4) is 0 Å². The van der Waals surface area contributed by atoms with Crippen molar-refractivity contribution in [2.45, 2.75) is 0 Å². The van der Waals surface area contributed by atoms with Gasteiger partial charge in [0, 0.05) is 0 Å². The predicted octanol–water partition coefficient (Wildman–Crippen LogP) is -6.18. The molecule has 0 bridgehead atoms. The summed E-state index contributed by atoms with van der Waals surface area (Å²) >= 11 is 0. The summed E-state index contributed by atoms with van der Waals surface area (Å²) in [4.78, 5) is 8.00. The Kier molecular flexibility index (Phi) is 102. The maximum absolute atomic E-state index is 8.00. The minimum Gasteiger partial charge on any atom is -1.00 e. The molecular formula is CH2ClKO. The Hall–Kier alpha value is 1.60. The van der Waals surface area contributed by atoms with Gasteiger partial charge in [-0.1, -0.05) is 0 Å². The Balaban J connectivity index is -0.00000000500. The molecule has 0 aliphatic rings. The molecule has 20 valence electrons. The van der Waals surface area contributed by atoms with Gasteiger partial charge in [0.15, 0.2) is 0 Å². The number of carbonyl (C=O) groups excluding carboxylic acids is 1. The smallest absolute Gasteiger partial charge is 1.00 e. The van der Waals surface area contributed by atoms with Crippen molar-refractivity contribution in [2.24, 2.45) is 0 Å². The van der Waals surface area contributed by atoms with E-state index in [1.807, 2.05) is 6.79 Å². The van der Waals surface area contributed by atoms with E-state index >= 15 is 0 Å². The van der Waals surface area contributed by atoms with Gasteiger partial charge in [-0.25, -0.2) is 0 Å². The maximum Gasteiger partial charge on any atom is 1.00 e. The van der Waals surface area contributed by atoms with Crippen LogP contribution in [0.25, 0.3) is 0 Å². The second-order valence-electron chi connectivity index (χ2n) is 0. The van der Waals surface area contributed by atoms with Crippen LogP contribution in [0.3, 0.4) is 0 Å². The van der Waals surface area contributed by atoms with E-state index in [-0.39, 0.29) is 63.8 Å². The van der Waals surface area contributed by atoms with Gasteiger partial charge in [0.1, 0.15) is 6.79 Å². The molecule has 0 radical (unpaired) electrons. The zero-order valence-corrected chi connectivity index (χ0v) is 6.37. The molecule has 0 aromatic carbocycles. The first-order valence-corrected chi connectivity index (χ1v) is 0.289. The molecule has 0 heterocycles. The van der Waals surface area contributed by atoms with E-state index in [1.54, 1.807) is 0 Å². The first-order chi connectivity index (χ1) is 1.00. The van der Waals surface area contributed by atoms with Gasteiger partial charge in [0.2, 0.25) is 0 Å². The second-order valence-corrected chi connectivity index (χ2v) is 0. The summed E-state index contributed by atoms with van der Waals surface area (Å²) in [5.74, 6) is 0. The van der Waals surface area contributed by atoms with Gasteiger partial charge in [-0.3, -0.25) is 0 Å². The third-order valence-electron chi connectivity index (χ3n) is 0. The summed E-state index contributed by atoms with van der Waals surface area (Å²) in [6.07, 6.45) is 0. The third-order valence-corrected chi connectivity index (χ3v) is 0. The van der Waals surface area contributed by atoms with Crippen LogP contribution in [-0.4, -0.2) is 6.79 Å². The van der Waals surface area contributed by atoms with E-state index in [1.165, 1.54) is 0 Å². The molecule has 0 saturated heterocycles. The van der Waals surface area contributed by atoms with Crippen LogP contribution in [0.5, 0.6) is 0 Å². The van der Waals surface area contributed by atoms with Gasteiger partial charge in [-0.2, -0.15) is 0 Å². The van der Waals surface area contributed by atoms with Gasteiger partial charge >= 0.3 is 51.4 Å². The Labute approximate surface area is 74.0 Å². The quantitative estimate of drug-likeness (QED) is 0.280. The topological polar surface area (TPSA) is 17.1 Å². The first-order valence-electron chi connectivity index (χ1n) is 0.289. The fourth-order valence-corrected chi connectivity index (χ4v) is 0. The maximum atomic E-state index is 8.00. The molecule has 4 heavy (non-hydrogen) atoms. The molecule has 1 nitrogen and oxygen atoms in total. The molecule has 0 aromatic heterocycles. The molecule has 0 rings (SSSR count). The summed E-state index contributed by atoms with van der Waals surface area (Å²) < 4.78 is 0. The van der Waals surface area contributed by atoms with Crippen molar-refractivity contribution in [3.63, 3.8) is 0 Å². The molecule has 3 heteroatoms. The van der Waals surface area contributed by atoms with E-state index in [0.29, 0.717) is 0 Å². The summed E-state index contributed by atoms with van der Waals surface area (Å²) in [7, 11) is 0. The van der Waals surface area contributed by atoms with Crippen LogP contribution < -0.4 is 63.8 Å². The van der Waals surface area contributed by atoms with Gasteiger partial charge in [0.25, 0.3) is 0 Å². The van der Waals surface area contributed by atoms with Gasteiger partial charge < -0.3 is 17.2 Å². The molecule has 0 amide bonds. The van der Waals surface area contributed by atoms with Crippen LogP contribution in [-0.2, 0) is 4.79 Å². The van der Waals surface area contributed by atoms with Crippen molar-refractivity contribution in [1.29, 1.82) is 0 Å². The molecular weight excluding hydrogens is 103 g/mol. The van der Waals surface area contributed by atoms with Crippen molar-refractivity contribution in [1.82, 2.24) is 0 Å². The van der Waals surface area contributed by atoms with E-state index in [2.05, 4.69) is 0 Å². The molecule has 0 spiro atoms. The molecule has 0 aliphatic carbocycles. The van der Waals surface area contributed by atoms with Crippen molar-refractivity contribution < 1.29 is 68.6 Å². The Bertz CT molecular complexity index is 8.00. The molecule has 0 unspecified atom stereocenters. The Morgan fingerprint density at radius 1 is 1.25 bits per heavy atom. The normalized spacial score (nSPS) is 1.00. The number of carbonyl (C=O) groups is 1. The van der Waals surface area contributed by atoms with Gasteiger partial charge in [-0.15, -0.1) is 0 Å². The summed E-state index contributed by atoms with van der Waals surface area (Å²) in [5.41, 5.74) is 0. The third kappa shape index (κ3) is 9.51. The van der Waals surface area contributed by atoms with Crippen LogP contribution >= 0.6 is 0 Å². The Morgan fingerprint density at radius 3 is 1.25 bits per heavy atom. The first kappa shape index (κ1) is 17.5. The molecule has 0 aliphatic heterocycles. The molecule has 0 N–H and O–H groups in total. The van der Waals surface area contributed by atoms with Gasteiger partial charge in [-0.05, 0) is 0 Å². The second kappa shape index (κ2) is 23.3. The number of rotatable bonds is 0. The number of halogens is 1. The van der Waals surface area contributed by atoms with Crippen molar-refractivity contribution in [2.75, 3.05) is 0 Å². The van der Waals surface area contributed by atoms with E-state index in [0.717, 1.165) is 0 Å². The van der Waals surface area contributed by atoms with E-state index in [4.69, 9.17) is 4.79 Å². The Morgan fingerprint density at radius 2 is 1.25 bits per heavy atom. The summed E-state index contributed by atoms with van der Waals surface area (Å²) in [6, 6.07) is 0. The minimum atomic E-state index is 0. The van der Waals surface area contributed by atoms with E-state index < -0.39 is 0 Å². The average Bonchev–Trinajstić information content (AvgIpc) is 1.00. The van der Waals surface area contributed by atoms with Crippen LogP contribution in [0.4, 0.5) is 0 Å². The van der Waals surface area contributed by atoms with E-state index in [9.17, 15) is 0 Å². The number of hydrogen-bond donors (Lipinski definition) is 0. The molecule has 0 aromatic rings. The zero-order chi connectivity index (χ0) is 2.00. The summed E-state index contributed by atoms with van der Waals surface area (Å²) in [5, 5.41) is 0. The monoisotopic (exact) mass is 104 g/mol. The fraction of sp³-hybridized carbons (Fsp3) is 0. The van der Waals surface area contributed by atoms with Gasteiger partial charge in [0.05, 0.1) is 0 Å².